The standard InChI is InChI=1S/C17H11BrN2O3/c1-8(9-2-4-13-14(6-9)23-17(22)20-13)15-11-7-10(18)3-5-12(11)19-16(15)21/h2-7,19,21H,1H3. The molecule has 1 amide bonds. The van der Waals surface area contributed by atoms with E-state index in [0.29, 0.717) is 11.1 Å². The summed E-state index contributed by atoms with van der Waals surface area (Å²) in [6.45, 7) is 1.92. The van der Waals surface area contributed by atoms with Crippen molar-refractivity contribution in [1.29, 1.82) is 0 Å². The van der Waals surface area contributed by atoms with E-state index in [1.165, 1.54) is 0 Å². The van der Waals surface area contributed by atoms with Crippen molar-refractivity contribution < 1.29 is 14.6 Å². The molecule has 1 aliphatic rings. The SMILES string of the molecule is CC(c1c(O)[nH]c2ccc(Br)cc12)=c1ccc2c(c1)OC(=O)N=2. The summed E-state index contributed by atoms with van der Waals surface area (Å²) in [5.41, 5.74) is 2.45. The number of H-pyrrole nitrogens is 1. The molecule has 3 aromatic rings. The van der Waals surface area contributed by atoms with Gasteiger partial charge in [0.2, 0.25) is 0 Å². The first-order chi connectivity index (χ1) is 11.0. The van der Waals surface area contributed by atoms with Gasteiger partial charge in [0.15, 0.2) is 11.6 Å². The summed E-state index contributed by atoms with van der Waals surface area (Å²) in [6.07, 6.45) is -0.603. The molecule has 0 saturated heterocycles. The number of fused-ring (bicyclic) bond motifs is 2. The number of aromatic amines is 1. The van der Waals surface area contributed by atoms with Crippen molar-refractivity contribution in [3.8, 4) is 11.6 Å². The molecule has 2 aromatic carbocycles. The number of ether oxygens (including phenoxy) is 1. The summed E-state index contributed by atoms with van der Waals surface area (Å²) < 4.78 is 5.99. The van der Waals surface area contributed by atoms with Crippen LogP contribution in [-0.4, -0.2) is 16.2 Å². The van der Waals surface area contributed by atoms with E-state index in [2.05, 4.69) is 25.9 Å². The number of nitrogens with zero attached hydrogens (tertiary/aromatic N) is 1. The van der Waals surface area contributed by atoms with Crippen molar-refractivity contribution in [3.63, 3.8) is 0 Å². The van der Waals surface area contributed by atoms with Crippen molar-refractivity contribution in [3.05, 3.63) is 57.0 Å². The van der Waals surface area contributed by atoms with Gasteiger partial charge in [0.25, 0.3) is 0 Å². The molecule has 4 rings (SSSR count). The normalized spacial score (nSPS) is 14.4. The summed E-state index contributed by atoms with van der Waals surface area (Å²) in [4.78, 5) is 18.0. The Kier molecular flexibility index (Phi) is 3.02. The number of halogens is 1. The molecule has 0 fully saturated rings. The number of aromatic hydroxyl groups is 1. The molecule has 0 unspecified atom stereocenters. The second-order valence-corrected chi connectivity index (χ2v) is 6.24. The van der Waals surface area contributed by atoms with Crippen molar-refractivity contribution in [2.24, 2.45) is 4.99 Å². The zero-order valence-corrected chi connectivity index (χ0v) is 13.6. The molecule has 0 saturated carbocycles. The van der Waals surface area contributed by atoms with Crippen molar-refractivity contribution in [2.75, 3.05) is 0 Å². The fourth-order valence-electron chi connectivity index (χ4n) is 2.81. The van der Waals surface area contributed by atoms with Gasteiger partial charge in [0.05, 0.1) is 0 Å². The molecule has 0 aliphatic carbocycles. The lowest BCUT2D eigenvalue weighted by molar-refractivity contribution is 0.215. The van der Waals surface area contributed by atoms with Gasteiger partial charge in [-0.1, -0.05) is 22.0 Å². The number of nitrogens with one attached hydrogen (secondary N) is 1. The van der Waals surface area contributed by atoms with Gasteiger partial charge >= 0.3 is 6.09 Å². The van der Waals surface area contributed by atoms with Gasteiger partial charge in [-0.25, -0.2) is 4.79 Å². The fraction of sp³-hybridized carbons (Fsp3) is 0.0588. The molecule has 2 N–H and O–H groups in total. The van der Waals surface area contributed by atoms with Gasteiger partial charge < -0.3 is 14.8 Å². The molecule has 23 heavy (non-hydrogen) atoms. The molecule has 0 atom stereocenters. The number of hydrogen-bond acceptors (Lipinski definition) is 3. The van der Waals surface area contributed by atoms with Crippen LogP contribution in [-0.2, 0) is 0 Å². The van der Waals surface area contributed by atoms with E-state index in [0.717, 1.165) is 31.7 Å². The quantitative estimate of drug-likeness (QED) is 0.691. The van der Waals surface area contributed by atoms with Gasteiger partial charge in [-0.15, -0.1) is 0 Å². The molecule has 0 bridgehead atoms. The Balaban J connectivity index is 2.00. The zero-order valence-electron chi connectivity index (χ0n) is 12.1. The summed E-state index contributed by atoms with van der Waals surface area (Å²) in [6, 6.07) is 11.1. The van der Waals surface area contributed by atoms with Gasteiger partial charge in [-0.3, -0.25) is 0 Å². The Morgan fingerprint density at radius 2 is 2.09 bits per heavy atom. The van der Waals surface area contributed by atoms with Gasteiger partial charge in [-0.2, -0.15) is 4.99 Å². The molecule has 1 aliphatic heterocycles. The van der Waals surface area contributed by atoms with Crippen LogP contribution in [0.4, 0.5) is 4.79 Å². The second kappa shape index (κ2) is 4.96. The summed E-state index contributed by atoms with van der Waals surface area (Å²) in [7, 11) is 0. The van der Waals surface area contributed by atoms with Crippen LogP contribution in [0.3, 0.4) is 0 Å². The van der Waals surface area contributed by atoms with Crippen molar-refractivity contribution >= 4 is 38.5 Å². The third-order valence-corrected chi connectivity index (χ3v) is 4.41. The number of amides is 1. The minimum atomic E-state index is -0.603. The summed E-state index contributed by atoms with van der Waals surface area (Å²) >= 11 is 3.45. The van der Waals surface area contributed by atoms with Gasteiger partial charge in [0.1, 0.15) is 5.36 Å². The number of rotatable bonds is 1. The third kappa shape index (κ3) is 2.22. The average molecular weight is 371 g/mol. The van der Waals surface area contributed by atoms with Crippen LogP contribution < -0.4 is 15.3 Å². The molecule has 114 valence electrons. The molecule has 2 heterocycles. The molecular weight excluding hydrogens is 360 g/mol. The molecule has 1 aromatic heterocycles. The number of hydrogen-bond donors (Lipinski definition) is 2. The lowest BCUT2D eigenvalue weighted by atomic mass is 10.0. The highest BCUT2D eigenvalue weighted by Crippen LogP contribution is 2.33. The lowest BCUT2D eigenvalue weighted by Crippen LogP contribution is -2.10. The average Bonchev–Trinajstić information content (AvgIpc) is 3.03. The first-order valence-corrected chi connectivity index (χ1v) is 7.74. The molecule has 6 heteroatoms. The summed E-state index contributed by atoms with van der Waals surface area (Å²) in [5.74, 6) is 0.546. The third-order valence-electron chi connectivity index (χ3n) is 3.92. The first kappa shape index (κ1) is 14.0. The monoisotopic (exact) mass is 370 g/mol. The summed E-state index contributed by atoms with van der Waals surface area (Å²) in [5, 5.41) is 12.6. The predicted molar refractivity (Wildman–Crippen MR) is 89.1 cm³/mol. The van der Waals surface area contributed by atoms with Crippen LogP contribution in [0.2, 0.25) is 0 Å². The fourth-order valence-corrected chi connectivity index (χ4v) is 3.17. The van der Waals surface area contributed by atoms with E-state index in [-0.39, 0.29) is 5.88 Å². The number of carbonyl (C=O) groups is 1. The Hall–Kier alpha value is -2.60. The van der Waals surface area contributed by atoms with Crippen molar-refractivity contribution in [2.45, 2.75) is 6.92 Å². The van der Waals surface area contributed by atoms with Gasteiger partial charge in [-0.05, 0) is 48.0 Å². The molecule has 0 spiro atoms. The maximum atomic E-state index is 11.2. The van der Waals surface area contributed by atoms with E-state index in [1.54, 1.807) is 12.1 Å². The Labute approximate surface area is 139 Å². The van der Waals surface area contributed by atoms with Crippen LogP contribution in [0.25, 0.3) is 16.5 Å². The van der Waals surface area contributed by atoms with E-state index < -0.39 is 6.09 Å². The predicted octanol–water partition coefficient (Wildman–Crippen LogP) is 2.99. The number of aromatic nitrogens is 1. The topological polar surface area (TPSA) is 74.7 Å². The minimum absolute atomic E-state index is 0.109. The van der Waals surface area contributed by atoms with Gasteiger partial charge in [0, 0.05) is 20.9 Å². The van der Waals surface area contributed by atoms with E-state index in [9.17, 15) is 9.90 Å². The Morgan fingerprint density at radius 1 is 1.26 bits per heavy atom. The highest BCUT2D eigenvalue weighted by Gasteiger charge is 2.16. The smallest absolute Gasteiger partial charge is 0.439 e. The number of benzene rings is 2. The van der Waals surface area contributed by atoms with Crippen LogP contribution in [0.15, 0.2) is 45.9 Å². The zero-order chi connectivity index (χ0) is 16.1. The molecule has 0 radical (unpaired) electrons. The molecule has 5 nitrogen and oxygen atoms in total. The van der Waals surface area contributed by atoms with E-state index in [1.807, 2.05) is 31.2 Å². The Bertz CT molecular complexity index is 1100. The van der Waals surface area contributed by atoms with E-state index in [4.69, 9.17) is 4.74 Å². The van der Waals surface area contributed by atoms with Crippen LogP contribution in [0, 0.1) is 0 Å². The largest absolute Gasteiger partial charge is 0.494 e. The van der Waals surface area contributed by atoms with E-state index >= 15 is 0 Å². The van der Waals surface area contributed by atoms with Crippen LogP contribution in [0.1, 0.15) is 12.5 Å². The maximum absolute atomic E-state index is 11.2. The number of carbonyl (C=O) groups excluding carboxylic acids is 1. The van der Waals surface area contributed by atoms with Crippen LogP contribution >= 0.6 is 15.9 Å². The first-order valence-electron chi connectivity index (χ1n) is 6.95. The maximum Gasteiger partial charge on any atom is 0.439 e. The minimum Gasteiger partial charge on any atom is -0.494 e. The van der Waals surface area contributed by atoms with Crippen molar-refractivity contribution in [1.82, 2.24) is 4.98 Å². The highest BCUT2D eigenvalue weighted by molar-refractivity contribution is 9.10. The Morgan fingerprint density at radius 3 is 2.91 bits per heavy atom. The second-order valence-electron chi connectivity index (χ2n) is 5.33. The molecular formula is C17H11BrN2O3. The van der Waals surface area contributed by atoms with Crippen LogP contribution in [0.5, 0.6) is 11.6 Å². The lowest BCUT2D eigenvalue weighted by Gasteiger charge is -2.02. The highest BCUT2D eigenvalue weighted by atomic mass is 79.9.